The van der Waals surface area contributed by atoms with Crippen molar-refractivity contribution < 1.29 is 31.4 Å². The molecule has 0 spiro atoms. The Morgan fingerprint density at radius 3 is 1.86 bits per heavy atom. The topological polar surface area (TPSA) is 18.5 Å². The van der Waals surface area contributed by atoms with Crippen molar-refractivity contribution in [2.45, 2.75) is 96.3 Å². The van der Waals surface area contributed by atoms with Gasteiger partial charge in [-0.15, -0.1) is 0 Å². The Labute approximate surface area is 245 Å². The van der Waals surface area contributed by atoms with E-state index in [-0.39, 0.29) is 40.9 Å². The summed E-state index contributed by atoms with van der Waals surface area (Å²) in [5.41, 5.74) is 0.490. The van der Waals surface area contributed by atoms with Crippen molar-refractivity contribution in [2.24, 2.45) is 11.8 Å². The van der Waals surface area contributed by atoms with Gasteiger partial charge in [0.25, 0.3) is 0 Å². The molecule has 2 aliphatic rings. The minimum absolute atomic E-state index is 0.0511. The smallest absolute Gasteiger partial charge is 0.200 e. The molecule has 0 amide bonds. The Hall–Kier alpha value is -2.83. The lowest BCUT2D eigenvalue weighted by atomic mass is 9.75. The molecule has 3 aromatic carbocycles. The van der Waals surface area contributed by atoms with Gasteiger partial charge in [0.1, 0.15) is 0 Å². The van der Waals surface area contributed by atoms with Crippen molar-refractivity contribution in [1.29, 1.82) is 0 Å². The van der Waals surface area contributed by atoms with Crippen LogP contribution in [0.15, 0.2) is 30.3 Å². The second kappa shape index (κ2) is 13.6. The standard InChI is InChI=1S/C35H41F5O2/c1-3-5-21-6-8-22(9-7-21)20-42-29-17-15-26(31(36)34(29)39)23-10-12-24(13-11-23)27-19-25-14-16-28(41-18-4-2)33(38)30(25)35(40)32(27)37/h14-17,19,21-24H,3-13,18,20H2,1-2H3. The Balaban J connectivity index is 1.23. The van der Waals surface area contributed by atoms with Crippen molar-refractivity contribution in [3.63, 3.8) is 0 Å². The molecule has 0 unspecified atom stereocenters. The summed E-state index contributed by atoms with van der Waals surface area (Å²) < 4.78 is 86.5. The van der Waals surface area contributed by atoms with Gasteiger partial charge in [0.05, 0.1) is 18.6 Å². The monoisotopic (exact) mass is 588 g/mol. The first kappa shape index (κ1) is 30.6. The molecule has 0 bridgehead atoms. The van der Waals surface area contributed by atoms with E-state index >= 15 is 17.6 Å². The molecule has 5 rings (SSSR count). The van der Waals surface area contributed by atoms with Gasteiger partial charge >= 0.3 is 0 Å². The average Bonchev–Trinajstić information content (AvgIpc) is 3.00. The molecular weight excluding hydrogens is 547 g/mol. The second-order valence-electron chi connectivity index (χ2n) is 12.2. The van der Waals surface area contributed by atoms with E-state index in [1.807, 2.05) is 6.92 Å². The summed E-state index contributed by atoms with van der Waals surface area (Å²) in [6.07, 6.45) is 9.51. The number of ether oxygens (including phenoxy) is 2. The molecule has 228 valence electrons. The van der Waals surface area contributed by atoms with Crippen LogP contribution in [0.2, 0.25) is 0 Å². The summed E-state index contributed by atoms with van der Waals surface area (Å²) in [7, 11) is 0. The third kappa shape index (κ3) is 6.40. The van der Waals surface area contributed by atoms with E-state index in [9.17, 15) is 4.39 Å². The fraction of sp³-hybridized carbons (Fsp3) is 0.543. The lowest BCUT2D eigenvalue weighted by Crippen LogP contribution is -2.20. The van der Waals surface area contributed by atoms with Crippen molar-refractivity contribution in [3.8, 4) is 11.5 Å². The van der Waals surface area contributed by atoms with Crippen molar-refractivity contribution in [1.82, 2.24) is 0 Å². The van der Waals surface area contributed by atoms with E-state index in [1.54, 1.807) is 12.1 Å². The molecule has 0 saturated heterocycles. The molecule has 2 aliphatic carbocycles. The molecule has 0 radical (unpaired) electrons. The third-order valence-corrected chi connectivity index (χ3v) is 9.40. The van der Waals surface area contributed by atoms with Gasteiger partial charge in [0.2, 0.25) is 5.82 Å². The molecule has 0 heterocycles. The van der Waals surface area contributed by atoms with Gasteiger partial charge in [-0.05, 0) is 103 Å². The van der Waals surface area contributed by atoms with Crippen LogP contribution in [0, 0.1) is 40.9 Å². The predicted octanol–water partition coefficient (Wildman–Crippen LogP) is 10.8. The maximum atomic E-state index is 15.2. The minimum atomic E-state index is -1.22. The number of hydrogen-bond acceptors (Lipinski definition) is 2. The molecule has 2 fully saturated rings. The number of fused-ring (bicyclic) bond motifs is 1. The lowest BCUT2D eigenvalue weighted by Gasteiger charge is -2.30. The largest absolute Gasteiger partial charge is 0.491 e. The number of halogens is 5. The van der Waals surface area contributed by atoms with E-state index in [1.165, 1.54) is 43.9 Å². The van der Waals surface area contributed by atoms with E-state index < -0.39 is 34.5 Å². The van der Waals surface area contributed by atoms with E-state index in [2.05, 4.69) is 6.92 Å². The zero-order valence-corrected chi connectivity index (χ0v) is 24.6. The molecule has 0 atom stereocenters. The SMILES string of the molecule is CCCOc1ccc2cc(C3CCC(c4ccc(OCC5CCC(CCC)CC5)c(F)c4F)CC3)c(F)c(F)c2c1F. The van der Waals surface area contributed by atoms with Gasteiger partial charge in [0, 0.05) is 0 Å². The first-order valence-electron chi connectivity index (χ1n) is 15.7. The van der Waals surface area contributed by atoms with Crippen LogP contribution in [-0.2, 0) is 0 Å². The van der Waals surface area contributed by atoms with Crippen LogP contribution >= 0.6 is 0 Å². The van der Waals surface area contributed by atoms with Gasteiger partial charge in [0.15, 0.2) is 34.8 Å². The maximum absolute atomic E-state index is 15.2. The Morgan fingerprint density at radius 2 is 1.19 bits per heavy atom. The number of hydrogen-bond donors (Lipinski definition) is 0. The van der Waals surface area contributed by atoms with E-state index in [4.69, 9.17) is 9.47 Å². The van der Waals surface area contributed by atoms with Gasteiger partial charge in [-0.2, -0.15) is 4.39 Å². The summed E-state index contributed by atoms with van der Waals surface area (Å²) >= 11 is 0. The lowest BCUT2D eigenvalue weighted by molar-refractivity contribution is 0.173. The first-order valence-corrected chi connectivity index (χ1v) is 15.7. The molecule has 0 aromatic heterocycles. The van der Waals surface area contributed by atoms with Crippen molar-refractivity contribution in [2.75, 3.05) is 13.2 Å². The van der Waals surface area contributed by atoms with Gasteiger partial charge in [-0.3, -0.25) is 0 Å². The second-order valence-corrected chi connectivity index (χ2v) is 12.2. The summed E-state index contributed by atoms with van der Waals surface area (Å²) in [5, 5.41) is -0.146. The van der Waals surface area contributed by atoms with Crippen LogP contribution in [0.1, 0.15) is 107 Å². The van der Waals surface area contributed by atoms with Crippen LogP contribution in [0.3, 0.4) is 0 Å². The maximum Gasteiger partial charge on any atom is 0.200 e. The summed E-state index contributed by atoms with van der Waals surface area (Å²) in [4.78, 5) is 0. The normalized spacial score (nSPS) is 22.8. The highest BCUT2D eigenvalue weighted by Gasteiger charge is 2.31. The average molecular weight is 589 g/mol. The quantitative estimate of drug-likeness (QED) is 0.219. The molecule has 0 N–H and O–H groups in total. The highest BCUT2D eigenvalue weighted by atomic mass is 19.2. The Bertz CT molecular complexity index is 1370. The molecule has 7 heteroatoms. The van der Waals surface area contributed by atoms with Crippen LogP contribution in [0.5, 0.6) is 11.5 Å². The number of rotatable bonds is 10. The Morgan fingerprint density at radius 1 is 0.595 bits per heavy atom. The summed E-state index contributed by atoms with van der Waals surface area (Å²) in [5.74, 6) is -4.58. The van der Waals surface area contributed by atoms with Gasteiger partial charge < -0.3 is 9.47 Å². The third-order valence-electron chi connectivity index (χ3n) is 9.40. The summed E-state index contributed by atoms with van der Waals surface area (Å²) in [6.45, 7) is 4.74. The van der Waals surface area contributed by atoms with Crippen molar-refractivity contribution >= 4 is 10.8 Å². The zero-order chi connectivity index (χ0) is 29.8. The number of benzene rings is 3. The fourth-order valence-corrected chi connectivity index (χ4v) is 6.99. The molecule has 42 heavy (non-hydrogen) atoms. The van der Waals surface area contributed by atoms with Crippen LogP contribution in [0.25, 0.3) is 10.8 Å². The van der Waals surface area contributed by atoms with Gasteiger partial charge in [-0.25, -0.2) is 17.6 Å². The van der Waals surface area contributed by atoms with Crippen LogP contribution in [0.4, 0.5) is 22.0 Å². The summed E-state index contributed by atoms with van der Waals surface area (Å²) in [6, 6.07) is 7.62. The van der Waals surface area contributed by atoms with Crippen LogP contribution < -0.4 is 9.47 Å². The fourth-order valence-electron chi connectivity index (χ4n) is 6.99. The molecule has 3 aromatic rings. The molecule has 0 aliphatic heterocycles. The zero-order valence-electron chi connectivity index (χ0n) is 24.6. The predicted molar refractivity (Wildman–Crippen MR) is 156 cm³/mol. The van der Waals surface area contributed by atoms with Crippen LogP contribution in [-0.4, -0.2) is 13.2 Å². The van der Waals surface area contributed by atoms with Crippen molar-refractivity contribution in [3.05, 3.63) is 70.5 Å². The first-order chi connectivity index (χ1) is 20.3. The van der Waals surface area contributed by atoms with E-state index in [0.717, 1.165) is 18.8 Å². The molecular formula is C35H41F5O2. The molecule has 2 nitrogen and oxygen atoms in total. The van der Waals surface area contributed by atoms with E-state index in [0.29, 0.717) is 50.2 Å². The highest BCUT2D eigenvalue weighted by Crippen LogP contribution is 2.44. The molecule has 2 saturated carbocycles. The van der Waals surface area contributed by atoms with Gasteiger partial charge in [-0.1, -0.05) is 51.7 Å². The minimum Gasteiger partial charge on any atom is -0.491 e. The Kier molecular flexibility index (Phi) is 9.95. The highest BCUT2D eigenvalue weighted by molar-refractivity contribution is 5.86.